The molecule has 15 heavy (non-hydrogen) atoms. The number of aryl methyl sites for hydroxylation is 3. The van der Waals surface area contributed by atoms with Crippen LogP contribution in [0.25, 0.3) is 0 Å². The van der Waals surface area contributed by atoms with Crippen molar-refractivity contribution in [2.45, 2.75) is 40.2 Å². The van der Waals surface area contributed by atoms with Crippen LogP contribution in [0.4, 0.5) is 0 Å². The van der Waals surface area contributed by atoms with Gasteiger partial charge in [0.05, 0.1) is 6.10 Å². The largest absolute Gasteiger partial charge is 0.490 e. The van der Waals surface area contributed by atoms with Gasteiger partial charge in [0.2, 0.25) is 0 Å². The maximum Gasteiger partial charge on any atom is 0.125 e. The molecule has 0 heterocycles. The van der Waals surface area contributed by atoms with Gasteiger partial charge in [0.1, 0.15) is 5.75 Å². The van der Waals surface area contributed by atoms with Crippen molar-refractivity contribution in [1.29, 1.82) is 0 Å². The first kappa shape index (κ1) is 12.6. The summed E-state index contributed by atoms with van der Waals surface area (Å²) in [6.45, 7) is 8.44. The van der Waals surface area contributed by atoms with Crippen LogP contribution in [0.15, 0.2) is 12.1 Å². The Kier molecular flexibility index (Phi) is 4.65. The lowest BCUT2D eigenvalue weighted by molar-refractivity contribution is 0.216. The Morgan fingerprint density at radius 1 is 1.20 bits per heavy atom. The van der Waals surface area contributed by atoms with Crippen LogP contribution in [-0.4, -0.2) is 11.4 Å². The maximum absolute atomic E-state index is 5.94. The Bertz CT molecular complexity index is 310. The fourth-order valence-electron chi connectivity index (χ4n) is 1.77. The zero-order chi connectivity index (χ0) is 11.4. The molecule has 1 rings (SSSR count). The van der Waals surface area contributed by atoms with Gasteiger partial charge in [-0.1, -0.05) is 33.6 Å². The molecule has 0 aliphatic rings. The van der Waals surface area contributed by atoms with Crippen molar-refractivity contribution in [3.63, 3.8) is 0 Å². The Hall–Kier alpha value is -0.500. The fourth-order valence-corrected chi connectivity index (χ4v) is 2.41. The molecule has 84 valence electrons. The zero-order valence-corrected chi connectivity index (χ0v) is 11.5. The Labute approximate surface area is 101 Å². The summed E-state index contributed by atoms with van der Waals surface area (Å²) >= 11 is 3.43. The van der Waals surface area contributed by atoms with Crippen LogP contribution in [0, 0.1) is 20.8 Å². The maximum atomic E-state index is 5.94. The minimum atomic E-state index is 0.268. The molecule has 0 amide bonds. The second-order valence-electron chi connectivity index (χ2n) is 4.13. The number of alkyl halides is 1. The van der Waals surface area contributed by atoms with Crippen molar-refractivity contribution in [2.75, 3.05) is 5.33 Å². The van der Waals surface area contributed by atoms with Gasteiger partial charge in [0.15, 0.2) is 0 Å². The molecule has 1 atom stereocenters. The molecule has 0 aliphatic carbocycles. The van der Waals surface area contributed by atoms with Gasteiger partial charge in [-0.15, -0.1) is 0 Å². The standard InChI is InChI=1S/C13H19BrO/c1-9-7-10(2)13(11(3)8-9)15-12(4)5-6-14/h7-8,12H,5-6H2,1-4H3. The third kappa shape index (κ3) is 3.53. The lowest BCUT2D eigenvalue weighted by Crippen LogP contribution is -2.13. The van der Waals surface area contributed by atoms with Crippen LogP contribution in [0.2, 0.25) is 0 Å². The van der Waals surface area contributed by atoms with E-state index < -0.39 is 0 Å². The molecule has 0 spiro atoms. The molecule has 0 aromatic heterocycles. The fraction of sp³-hybridized carbons (Fsp3) is 0.538. The zero-order valence-electron chi connectivity index (χ0n) is 9.93. The average Bonchev–Trinajstić information content (AvgIpc) is 2.11. The molecule has 2 heteroatoms. The summed E-state index contributed by atoms with van der Waals surface area (Å²) in [5, 5.41) is 0.984. The summed E-state index contributed by atoms with van der Waals surface area (Å²) in [7, 11) is 0. The molecule has 1 aromatic carbocycles. The van der Waals surface area contributed by atoms with Crippen LogP contribution in [0.1, 0.15) is 30.0 Å². The Balaban J connectivity index is 2.85. The molecule has 0 fully saturated rings. The van der Waals surface area contributed by atoms with E-state index in [1.54, 1.807) is 0 Å². The highest BCUT2D eigenvalue weighted by atomic mass is 79.9. The minimum Gasteiger partial charge on any atom is -0.490 e. The first-order valence-electron chi connectivity index (χ1n) is 5.35. The summed E-state index contributed by atoms with van der Waals surface area (Å²) in [6, 6.07) is 4.34. The molecular weight excluding hydrogens is 252 g/mol. The number of hydrogen-bond donors (Lipinski definition) is 0. The lowest BCUT2D eigenvalue weighted by Gasteiger charge is -2.18. The van der Waals surface area contributed by atoms with E-state index in [-0.39, 0.29) is 6.10 Å². The third-order valence-electron chi connectivity index (χ3n) is 2.44. The van der Waals surface area contributed by atoms with Gasteiger partial charge < -0.3 is 4.74 Å². The van der Waals surface area contributed by atoms with Crippen molar-refractivity contribution in [2.24, 2.45) is 0 Å². The first-order chi connectivity index (χ1) is 7.04. The van der Waals surface area contributed by atoms with Crippen molar-refractivity contribution in [3.05, 3.63) is 28.8 Å². The number of ether oxygens (including phenoxy) is 1. The van der Waals surface area contributed by atoms with E-state index in [0.717, 1.165) is 17.5 Å². The lowest BCUT2D eigenvalue weighted by atomic mass is 10.1. The average molecular weight is 271 g/mol. The molecule has 0 N–H and O–H groups in total. The predicted octanol–water partition coefficient (Wildman–Crippen LogP) is 4.16. The van der Waals surface area contributed by atoms with Gasteiger partial charge in [-0.05, 0) is 45.2 Å². The van der Waals surface area contributed by atoms with Crippen LogP contribution < -0.4 is 4.74 Å². The van der Waals surface area contributed by atoms with Crippen LogP contribution in [-0.2, 0) is 0 Å². The quantitative estimate of drug-likeness (QED) is 0.747. The summed E-state index contributed by atoms with van der Waals surface area (Å²) in [4.78, 5) is 0. The summed E-state index contributed by atoms with van der Waals surface area (Å²) < 4.78 is 5.94. The van der Waals surface area contributed by atoms with Crippen LogP contribution in [0.5, 0.6) is 5.75 Å². The van der Waals surface area contributed by atoms with Crippen molar-refractivity contribution in [3.8, 4) is 5.75 Å². The Morgan fingerprint density at radius 2 is 1.73 bits per heavy atom. The summed E-state index contributed by atoms with van der Waals surface area (Å²) in [5.41, 5.74) is 3.76. The molecule has 1 unspecified atom stereocenters. The van der Waals surface area contributed by atoms with E-state index in [1.807, 2.05) is 0 Å². The number of rotatable bonds is 4. The normalized spacial score (nSPS) is 12.6. The molecule has 0 saturated heterocycles. The van der Waals surface area contributed by atoms with Gasteiger partial charge in [-0.2, -0.15) is 0 Å². The number of hydrogen-bond acceptors (Lipinski definition) is 1. The number of halogens is 1. The molecule has 1 nitrogen and oxygen atoms in total. The summed E-state index contributed by atoms with van der Waals surface area (Å²) in [5.74, 6) is 1.05. The SMILES string of the molecule is Cc1cc(C)c(OC(C)CCBr)c(C)c1. The molecular formula is C13H19BrO. The topological polar surface area (TPSA) is 9.23 Å². The molecule has 0 radical (unpaired) electrons. The highest BCUT2D eigenvalue weighted by molar-refractivity contribution is 9.09. The monoisotopic (exact) mass is 270 g/mol. The van der Waals surface area contributed by atoms with Crippen LogP contribution in [0.3, 0.4) is 0 Å². The molecule has 0 saturated carbocycles. The molecule has 0 bridgehead atoms. The van der Waals surface area contributed by atoms with E-state index in [4.69, 9.17) is 4.74 Å². The smallest absolute Gasteiger partial charge is 0.125 e. The van der Waals surface area contributed by atoms with Crippen LogP contribution >= 0.6 is 15.9 Å². The van der Waals surface area contributed by atoms with Gasteiger partial charge in [0, 0.05) is 5.33 Å². The van der Waals surface area contributed by atoms with Crippen molar-refractivity contribution in [1.82, 2.24) is 0 Å². The van der Waals surface area contributed by atoms with Gasteiger partial charge >= 0.3 is 0 Å². The Morgan fingerprint density at radius 3 is 2.20 bits per heavy atom. The summed E-state index contributed by atoms with van der Waals surface area (Å²) in [6.07, 6.45) is 1.30. The van der Waals surface area contributed by atoms with Crippen molar-refractivity contribution >= 4 is 15.9 Å². The highest BCUT2D eigenvalue weighted by Crippen LogP contribution is 2.26. The first-order valence-corrected chi connectivity index (χ1v) is 6.47. The van der Waals surface area contributed by atoms with E-state index in [0.29, 0.717) is 0 Å². The minimum absolute atomic E-state index is 0.268. The van der Waals surface area contributed by atoms with E-state index in [9.17, 15) is 0 Å². The van der Waals surface area contributed by atoms with Gasteiger partial charge in [-0.25, -0.2) is 0 Å². The van der Waals surface area contributed by atoms with E-state index in [1.165, 1.54) is 16.7 Å². The van der Waals surface area contributed by atoms with Crippen molar-refractivity contribution < 1.29 is 4.74 Å². The second kappa shape index (κ2) is 5.55. The predicted molar refractivity (Wildman–Crippen MR) is 69.2 cm³/mol. The molecule has 0 aliphatic heterocycles. The second-order valence-corrected chi connectivity index (χ2v) is 4.93. The third-order valence-corrected chi connectivity index (χ3v) is 2.90. The van der Waals surface area contributed by atoms with E-state index >= 15 is 0 Å². The van der Waals surface area contributed by atoms with Gasteiger partial charge in [-0.3, -0.25) is 0 Å². The molecule has 1 aromatic rings. The van der Waals surface area contributed by atoms with E-state index in [2.05, 4.69) is 55.8 Å². The number of benzene rings is 1. The highest BCUT2D eigenvalue weighted by Gasteiger charge is 2.08. The van der Waals surface area contributed by atoms with Gasteiger partial charge in [0.25, 0.3) is 0 Å².